The molecule has 1 aliphatic heterocycles. The fraction of sp³-hybridized carbons (Fsp3) is 0.667. The largest absolute Gasteiger partial charge is 0.307 e. The molecular formula is C9H18N3O+. The van der Waals surface area contributed by atoms with E-state index in [1.807, 2.05) is 0 Å². The summed E-state index contributed by atoms with van der Waals surface area (Å²) in [5.41, 5.74) is 0. The Balaban J connectivity index is 2.55. The highest BCUT2D eigenvalue weighted by molar-refractivity contribution is 5.86. The maximum absolute atomic E-state index is 11.1. The second-order valence-corrected chi connectivity index (χ2v) is 3.93. The molecule has 1 unspecified atom stereocenters. The van der Waals surface area contributed by atoms with Crippen LogP contribution in [0.3, 0.4) is 0 Å². The molecule has 0 bridgehead atoms. The maximum Gasteiger partial charge on any atom is 0.247 e. The Kier molecular flexibility index (Phi) is 3.06. The molecule has 4 heteroatoms. The van der Waals surface area contributed by atoms with E-state index in [1.54, 1.807) is 0 Å². The molecule has 1 amide bonds. The van der Waals surface area contributed by atoms with E-state index in [0.717, 1.165) is 24.1 Å². The third-order valence-electron chi connectivity index (χ3n) is 2.54. The first-order valence-electron chi connectivity index (χ1n) is 4.52. The summed E-state index contributed by atoms with van der Waals surface area (Å²) in [6, 6.07) is 0. The van der Waals surface area contributed by atoms with Crippen LogP contribution >= 0.6 is 0 Å². The standard InChI is InChI=1S/C9H17N3O/c1-4-9(13)11-8-7-10-5-6-12(8,2)3/h4,8,10H,1,5-7H2,2-3H3/p+1. The van der Waals surface area contributed by atoms with Gasteiger partial charge in [0.15, 0.2) is 6.17 Å². The summed E-state index contributed by atoms with van der Waals surface area (Å²) in [5, 5.41) is 6.17. The van der Waals surface area contributed by atoms with Crippen molar-refractivity contribution in [2.45, 2.75) is 6.17 Å². The first-order valence-corrected chi connectivity index (χ1v) is 4.52. The zero-order valence-electron chi connectivity index (χ0n) is 8.34. The van der Waals surface area contributed by atoms with E-state index in [1.165, 1.54) is 6.08 Å². The summed E-state index contributed by atoms with van der Waals surface area (Å²) in [6.45, 7) is 6.30. The van der Waals surface area contributed by atoms with E-state index in [2.05, 4.69) is 31.3 Å². The molecule has 2 N–H and O–H groups in total. The normalized spacial score (nSPS) is 26.5. The lowest BCUT2D eigenvalue weighted by Gasteiger charge is -2.41. The second kappa shape index (κ2) is 3.89. The molecule has 0 aliphatic carbocycles. The number of rotatable bonds is 2. The number of likely N-dealkylation sites (N-methyl/N-ethyl adjacent to an activating group) is 1. The molecule has 1 saturated heterocycles. The lowest BCUT2D eigenvalue weighted by molar-refractivity contribution is -0.919. The minimum atomic E-state index is -0.0973. The molecule has 1 heterocycles. The molecule has 74 valence electrons. The molecule has 13 heavy (non-hydrogen) atoms. The van der Waals surface area contributed by atoms with Crippen molar-refractivity contribution in [2.75, 3.05) is 33.7 Å². The summed E-state index contributed by atoms with van der Waals surface area (Å²) in [5.74, 6) is -0.0973. The van der Waals surface area contributed by atoms with Gasteiger partial charge in [0.05, 0.1) is 27.2 Å². The summed E-state index contributed by atoms with van der Waals surface area (Å²) in [6.07, 6.45) is 1.47. The average Bonchev–Trinajstić information content (AvgIpc) is 2.08. The molecular weight excluding hydrogens is 166 g/mol. The topological polar surface area (TPSA) is 41.1 Å². The monoisotopic (exact) mass is 184 g/mol. The van der Waals surface area contributed by atoms with Crippen LogP contribution in [0, 0.1) is 0 Å². The Hall–Kier alpha value is -0.870. The van der Waals surface area contributed by atoms with E-state index in [9.17, 15) is 4.79 Å². The molecule has 0 saturated carbocycles. The molecule has 1 aliphatic rings. The quantitative estimate of drug-likeness (QED) is 0.440. The number of quaternary nitrogens is 1. The highest BCUT2D eigenvalue weighted by atomic mass is 16.1. The zero-order valence-corrected chi connectivity index (χ0v) is 8.34. The van der Waals surface area contributed by atoms with Crippen molar-refractivity contribution in [3.63, 3.8) is 0 Å². The number of carbonyl (C=O) groups is 1. The van der Waals surface area contributed by atoms with Gasteiger partial charge in [-0.2, -0.15) is 0 Å². The molecule has 0 aromatic heterocycles. The van der Waals surface area contributed by atoms with Crippen molar-refractivity contribution in [1.29, 1.82) is 0 Å². The van der Waals surface area contributed by atoms with Gasteiger partial charge in [-0.1, -0.05) is 6.58 Å². The molecule has 1 fully saturated rings. The van der Waals surface area contributed by atoms with Gasteiger partial charge in [0, 0.05) is 6.54 Å². The summed E-state index contributed by atoms with van der Waals surface area (Å²) in [7, 11) is 4.24. The minimum absolute atomic E-state index is 0.0973. The summed E-state index contributed by atoms with van der Waals surface area (Å²) >= 11 is 0. The number of piperazine rings is 1. The molecule has 0 radical (unpaired) electrons. The summed E-state index contributed by atoms with van der Waals surface area (Å²) < 4.78 is 0.826. The van der Waals surface area contributed by atoms with Crippen molar-refractivity contribution in [3.8, 4) is 0 Å². The van der Waals surface area contributed by atoms with E-state index in [0.29, 0.717) is 0 Å². The Morgan fingerprint density at radius 1 is 1.69 bits per heavy atom. The van der Waals surface area contributed by atoms with Gasteiger partial charge in [0.2, 0.25) is 5.91 Å². The highest BCUT2D eigenvalue weighted by Crippen LogP contribution is 2.06. The molecule has 1 atom stereocenters. The molecule has 0 aromatic carbocycles. The lowest BCUT2D eigenvalue weighted by atomic mass is 10.2. The molecule has 0 spiro atoms. The fourth-order valence-corrected chi connectivity index (χ4v) is 1.46. The summed E-state index contributed by atoms with van der Waals surface area (Å²) in [4.78, 5) is 11.1. The fourth-order valence-electron chi connectivity index (χ4n) is 1.46. The predicted molar refractivity (Wildman–Crippen MR) is 52.0 cm³/mol. The van der Waals surface area contributed by atoms with Crippen LogP contribution in [-0.2, 0) is 4.79 Å². The van der Waals surface area contributed by atoms with Gasteiger partial charge in [-0.05, 0) is 6.08 Å². The Labute approximate surface area is 79.2 Å². The average molecular weight is 184 g/mol. The predicted octanol–water partition coefficient (Wildman–Crippen LogP) is -0.706. The van der Waals surface area contributed by atoms with Crippen LogP contribution in [0.25, 0.3) is 0 Å². The van der Waals surface area contributed by atoms with Gasteiger partial charge >= 0.3 is 0 Å². The number of hydrogen-bond acceptors (Lipinski definition) is 2. The van der Waals surface area contributed by atoms with Gasteiger partial charge in [0.25, 0.3) is 0 Å². The third-order valence-corrected chi connectivity index (χ3v) is 2.54. The van der Waals surface area contributed by atoms with Crippen LogP contribution in [0.5, 0.6) is 0 Å². The number of hydrogen-bond donors (Lipinski definition) is 2. The van der Waals surface area contributed by atoms with Crippen molar-refractivity contribution in [1.82, 2.24) is 10.6 Å². The van der Waals surface area contributed by atoms with Gasteiger partial charge in [-0.3, -0.25) is 4.79 Å². The minimum Gasteiger partial charge on any atom is -0.307 e. The van der Waals surface area contributed by atoms with Crippen molar-refractivity contribution in [3.05, 3.63) is 12.7 Å². The van der Waals surface area contributed by atoms with Gasteiger partial charge in [-0.15, -0.1) is 0 Å². The Morgan fingerprint density at radius 3 is 2.92 bits per heavy atom. The molecule has 1 rings (SSSR count). The molecule has 4 nitrogen and oxygen atoms in total. The molecule has 0 aromatic rings. The Bertz CT molecular complexity index is 213. The second-order valence-electron chi connectivity index (χ2n) is 3.93. The lowest BCUT2D eigenvalue weighted by Crippen LogP contribution is -2.66. The van der Waals surface area contributed by atoms with Gasteiger partial charge in [-0.25, -0.2) is 0 Å². The van der Waals surface area contributed by atoms with Crippen LogP contribution in [0.4, 0.5) is 0 Å². The van der Waals surface area contributed by atoms with Gasteiger partial charge in [0.1, 0.15) is 0 Å². The van der Waals surface area contributed by atoms with Crippen molar-refractivity contribution >= 4 is 5.91 Å². The van der Waals surface area contributed by atoms with Crippen LogP contribution in [0.2, 0.25) is 0 Å². The Morgan fingerprint density at radius 2 is 2.38 bits per heavy atom. The number of nitrogens with one attached hydrogen (secondary N) is 2. The van der Waals surface area contributed by atoms with Gasteiger partial charge < -0.3 is 15.1 Å². The van der Waals surface area contributed by atoms with Crippen LogP contribution in [0.1, 0.15) is 0 Å². The zero-order chi connectivity index (χ0) is 9.90. The van der Waals surface area contributed by atoms with Crippen molar-refractivity contribution in [2.24, 2.45) is 0 Å². The van der Waals surface area contributed by atoms with E-state index < -0.39 is 0 Å². The van der Waals surface area contributed by atoms with Crippen LogP contribution < -0.4 is 10.6 Å². The first kappa shape index (κ1) is 10.2. The number of amides is 1. The number of nitrogens with zero attached hydrogens (tertiary/aromatic N) is 1. The van der Waals surface area contributed by atoms with E-state index in [-0.39, 0.29) is 12.1 Å². The maximum atomic E-state index is 11.1. The highest BCUT2D eigenvalue weighted by Gasteiger charge is 2.31. The van der Waals surface area contributed by atoms with Crippen LogP contribution in [0.15, 0.2) is 12.7 Å². The first-order chi connectivity index (χ1) is 6.06. The van der Waals surface area contributed by atoms with Crippen LogP contribution in [-0.4, -0.2) is 50.3 Å². The van der Waals surface area contributed by atoms with E-state index in [4.69, 9.17) is 0 Å². The smallest absolute Gasteiger partial charge is 0.247 e. The SMILES string of the molecule is C=CC(=O)NC1CNCC[N+]1(C)C. The third kappa shape index (κ3) is 2.54. The number of carbonyl (C=O) groups excluding carboxylic acids is 1. The van der Waals surface area contributed by atoms with Crippen molar-refractivity contribution < 1.29 is 9.28 Å². The van der Waals surface area contributed by atoms with E-state index >= 15 is 0 Å².